The van der Waals surface area contributed by atoms with Crippen molar-refractivity contribution in [3.8, 4) is 23.1 Å². The van der Waals surface area contributed by atoms with Gasteiger partial charge in [0.15, 0.2) is 0 Å². The van der Waals surface area contributed by atoms with Gasteiger partial charge in [-0.15, -0.1) is 0 Å². The molecule has 0 aliphatic carbocycles. The summed E-state index contributed by atoms with van der Waals surface area (Å²) in [6.45, 7) is 0. The Morgan fingerprint density at radius 2 is 2.06 bits per heavy atom. The van der Waals surface area contributed by atoms with Gasteiger partial charge >= 0.3 is 0 Å². The zero-order chi connectivity index (χ0) is 11.4. The molecule has 0 N–H and O–H groups in total. The van der Waals surface area contributed by atoms with Gasteiger partial charge in [0, 0.05) is 17.8 Å². The Hall–Kier alpha value is -2.34. The van der Waals surface area contributed by atoms with Crippen molar-refractivity contribution in [3.63, 3.8) is 0 Å². The van der Waals surface area contributed by atoms with E-state index in [0.29, 0.717) is 11.4 Å². The van der Waals surface area contributed by atoms with Crippen LogP contribution in [0, 0.1) is 11.3 Å². The SMILES string of the molecule is COc1ccc(-c2cccc(C#N)c2)cn1. The molecule has 2 rings (SSSR count). The van der Waals surface area contributed by atoms with Gasteiger partial charge in [0.05, 0.1) is 18.7 Å². The third-order valence-corrected chi connectivity index (χ3v) is 2.27. The Kier molecular flexibility index (Phi) is 2.84. The van der Waals surface area contributed by atoms with Gasteiger partial charge in [0.2, 0.25) is 5.88 Å². The van der Waals surface area contributed by atoms with Crippen LogP contribution in [0.3, 0.4) is 0 Å². The summed E-state index contributed by atoms with van der Waals surface area (Å²) in [7, 11) is 1.58. The van der Waals surface area contributed by atoms with E-state index in [2.05, 4.69) is 11.1 Å². The molecule has 0 amide bonds. The lowest BCUT2D eigenvalue weighted by Crippen LogP contribution is -1.87. The summed E-state index contributed by atoms with van der Waals surface area (Å²) in [5.41, 5.74) is 2.60. The second-order valence-corrected chi connectivity index (χ2v) is 3.28. The van der Waals surface area contributed by atoms with Crippen LogP contribution in [0.5, 0.6) is 5.88 Å². The van der Waals surface area contributed by atoms with E-state index in [4.69, 9.17) is 10.00 Å². The van der Waals surface area contributed by atoms with Crippen LogP contribution in [0.25, 0.3) is 11.1 Å². The highest BCUT2D eigenvalue weighted by molar-refractivity contribution is 5.64. The van der Waals surface area contributed by atoms with Crippen molar-refractivity contribution in [2.75, 3.05) is 7.11 Å². The lowest BCUT2D eigenvalue weighted by atomic mass is 10.1. The van der Waals surface area contributed by atoms with E-state index in [1.165, 1.54) is 0 Å². The van der Waals surface area contributed by atoms with Crippen LogP contribution in [-0.4, -0.2) is 12.1 Å². The molecule has 1 aromatic heterocycles. The fourth-order valence-corrected chi connectivity index (χ4v) is 1.44. The van der Waals surface area contributed by atoms with Crippen LogP contribution in [0.2, 0.25) is 0 Å². The number of nitriles is 1. The lowest BCUT2D eigenvalue weighted by Gasteiger charge is -2.02. The Balaban J connectivity index is 2.39. The lowest BCUT2D eigenvalue weighted by molar-refractivity contribution is 0.398. The van der Waals surface area contributed by atoms with Gasteiger partial charge in [-0.2, -0.15) is 5.26 Å². The van der Waals surface area contributed by atoms with Gasteiger partial charge in [-0.05, 0) is 23.8 Å². The van der Waals surface area contributed by atoms with Crippen LogP contribution in [-0.2, 0) is 0 Å². The second kappa shape index (κ2) is 4.45. The zero-order valence-corrected chi connectivity index (χ0v) is 8.84. The average Bonchev–Trinajstić information content (AvgIpc) is 2.39. The molecule has 0 bridgehead atoms. The molecule has 0 aliphatic heterocycles. The maximum atomic E-state index is 8.81. The molecule has 0 unspecified atom stereocenters. The van der Waals surface area contributed by atoms with Crippen molar-refractivity contribution in [1.82, 2.24) is 4.98 Å². The molecule has 1 heterocycles. The van der Waals surface area contributed by atoms with Crippen LogP contribution in [0.1, 0.15) is 5.56 Å². The van der Waals surface area contributed by atoms with Crippen molar-refractivity contribution < 1.29 is 4.74 Å². The van der Waals surface area contributed by atoms with Crippen molar-refractivity contribution in [3.05, 3.63) is 48.2 Å². The minimum absolute atomic E-state index is 0.584. The van der Waals surface area contributed by atoms with E-state index in [0.717, 1.165) is 11.1 Å². The van der Waals surface area contributed by atoms with E-state index < -0.39 is 0 Å². The number of pyridine rings is 1. The van der Waals surface area contributed by atoms with Crippen LogP contribution in [0.4, 0.5) is 0 Å². The molecule has 16 heavy (non-hydrogen) atoms. The number of ether oxygens (including phenoxy) is 1. The Labute approximate surface area is 93.9 Å². The third-order valence-electron chi connectivity index (χ3n) is 2.27. The smallest absolute Gasteiger partial charge is 0.212 e. The molecule has 3 nitrogen and oxygen atoms in total. The number of hydrogen-bond acceptors (Lipinski definition) is 3. The van der Waals surface area contributed by atoms with Crippen molar-refractivity contribution in [2.24, 2.45) is 0 Å². The van der Waals surface area contributed by atoms with E-state index >= 15 is 0 Å². The molecule has 0 aliphatic rings. The van der Waals surface area contributed by atoms with Crippen LogP contribution in [0.15, 0.2) is 42.6 Å². The molecule has 3 heteroatoms. The predicted octanol–water partition coefficient (Wildman–Crippen LogP) is 2.63. The molecule has 78 valence electrons. The summed E-state index contributed by atoms with van der Waals surface area (Å²) in [5, 5.41) is 8.81. The Morgan fingerprint density at radius 3 is 2.69 bits per heavy atom. The number of rotatable bonds is 2. The third kappa shape index (κ3) is 2.01. The van der Waals surface area contributed by atoms with Crippen molar-refractivity contribution >= 4 is 0 Å². The molecule has 0 radical (unpaired) electrons. The number of benzene rings is 1. The fourth-order valence-electron chi connectivity index (χ4n) is 1.44. The van der Waals surface area contributed by atoms with Crippen molar-refractivity contribution in [2.45, 2.75) is 0 Å². The summed E-state index contributed by atoms with van der Waals surface area (Å²) >= 11 is 0. The molecule has 0 fully saturated rings. The van der Waals surface area contributed by atoms with Gasteiger partial charge in [-0.3, -0.25) is 0 Å². The average molecular weight is 210 g/mol. The first kappa shape index (κ1) is 10.2. The first-order chi connectivity index (χ1) is 7.83. The summed E-state index contributed by atoms with van der Waals surface area (Å²) in [6, 6.07) is 13.3. The second-order valence-electron chi connectivity index (χ2n) is 3.28. The Bertz CT molecular complexity index is 526. The zero-order valence-electron chi connectivity index (χ0n) is 8.84. The molecule has 0 saturated carbocycles. The fraction of sp³-hybridized carbons (Fsp3) is 0.0769. The summed E-state index contributed by atoms with van der Waals surface area (Å²) in [4.78, 5) is 4.12. The quantitative estimate of drug-likeness (QED) is 0.765. The van der Waals surface area contributed by atoms with Crippen molar-refractivity contribution in [1.29, 1.82) is 5.26 Å². The topological polar surface area (TPSA) is 45.9 Å². The van der Waals surface area contributed by atoms with Gasteiger partial charge in [0.1, 0.15) is 0 Å². The molecule has 2 aromatic rings. The van der Waals surface area contributed by atoms with E-state index in [-0.39, 0.29) is 0 Å². The highest BCUT2D eigenvalue weighted by atomic mass is 16.5. The maximum absolute atomic E-state index is 8.81. The number of hydrogen-bond donors (Lipinski definition) is 0. The minimum Gasteiger partial charge on any atom is -0.481 e. The Morgan fingerprint density at radius 1 is 1.19 bits per heavy atom. The monoisotopic (exact) mass is 210 g/mol. The standard InChI is InChI=1S/C13H10N2O/c1-16-13-6-5-12(9-15-13)11-4-2-3-10(7-11)8-14/h2-7,9H,1H3. The molecule has 0 saturated heterocycles. The van der Waals surface area contributed by atoms with Gasteiger partial charge < -0.3 is 4.74 Å². The van der Waals surface area contributed by atoms with Crippen LogP contribution < -0.4 is 4.74 Å². The summed E-state index contributed by atoms with van der Waals surface area (Å²) in [6.07, 6.45) is 1.73. The largest absolute Gasteiger partial charge is 0.481 e. The molecule has 0 spiro atoms. The first-order valence-corrected chi connectivity index (χ1v) is 4.84. The summed E-state index contributed by atoms with van der Waals surface area (Å²) < 4.78 is 4.99. The molecule has 1 aromatic carbocycles. The van der Waals surface area contributed by atoms with Gasteiger partial charge in [0.25, 0.3) is 0 Å². The highest BCUT2D eigenvalue weighted by Gasteiger charge is 2.00. The minimum atomic E-state index is 0.584. The normalized spacial score (nSPS) is 9.50. The molecule has 0 atom stereocenters. The van der Waals surface area contributed by atoms with E-state index in [1.54, 1.807) is 25.4 Å². The highest BCUT2D eigenvalue weighted by Crippen LogP contribution is 2.20. The number of methoxy groups -OCH3 is 1. The number of aromatic nitrogens is 1. The summed E-state index contributed by atoms with van der Waals surface area (Å²) in [5.74, 6) is 0.584. The number of nitrogens with zero attached hydrogens (tertiary/aromatic N) is 2. The maximum Gasteiger partial charge on any atom is 0.212 e. The molecular weight excluding hydrogens is 200 g/mol. The first-order valence-electron chi connectivity index (χ1n) is 4.84. The van der Waals surface area contributed by atoms with E-state index in [9.17, 15) is 0 Å². The van der Waals surface area contributed by atoms with Gasteiger partial charge in [-0.1, -0.05) is 12.1 Å². The van der Waals surface area contributed by atoms with Gasteiger partial charge in [-0.25, -0.2) is 4.98 Å². The molecular formula is C13H10N2O. The predicted molar refractivity (Wildman–Crippen MR) is 60.9 cm³/mol. The van der Waals surface area contributed by atoms with E-state index in [1.807, 2.05) is 24.3 Å². The van der Waals surface area contributed by atoms with Crippen LogP contribution >= 0.6 is 0 Å².